The van der Waals surface area contributed by atoms with Crippen LogP contribution in [0.15, 0.2) is 18.2 Å². The number of hydrogen-bond acceptors (Lipinski definition) is 2. The molecule has 1 aliphatic rings. The van der Waals surface area contributed by atoms with E-state index in [-0.39, 0.29) is 5.82 Å². The summed E-state index contributed by atoms with van der Waals surface area (Å²) in [5, 5.41) is 3.92. The summed E-state index contributed by atoms with van der Waals surface area (Å²) in [5.41, 5.74) is 0.594. The van der Waals surface area contributed by atoms with Crippen LogP contribution in [0.2, 0.25) is 5.02 Å². The molecule has 4 heteroatoms. The van der Waals surface area contributed by atoms with Gasteiger partial charge in [-0.25, -0.2) is 4.39 Å². The molecule has 1 heterocycles. The molecule has 0 spiro atoms. The van der Waals surface area contributed by atoms with E-state index in [1.165, 1.54) is 6.07 Å². The van der Waals surface area contributed by atoms with Gasteiger partial charge in [-0.2, -0.15) is 0 Å². The van der Waals surface area contributed by atoms with Crippen molar-refractivity contribution >= 4 is 17.3 Å². The number of anilines is 1. The van der Waals surface area contributed by atoms with Crippen LogP contribution in [0.1, 0.15) is 12.8 Å². The van der Waals surface area contributed by atoms with Crippen LogP contribution in [0.5, 0.6) is 0 Å². The number of rotatable bonds is 3. The second kappa shape index (κ2) is 5.69. The molecule has 2 rings (SSSR count). The zero-order chi connectivity index (χ0) is 12.3. The minimum Gasteiger partial charge on any atom is -0.372 e. The molecule has 17 heavy (non-hydrogen) atoms. The number of benzene rings is 1. The molecule has 0 aromatic heterocycles. The van der Waals surface area contributed by atoms with Crippen LogP contribution in [0.25, 0.3) is 0 Å². The molecular weight excluding hydrogens is 239 g/mol. The highest BCUT2D eigenvalue weighted by molar-refractivity contribution is 6.30. The highest BCUT2D eigenvalue weighted by Crippen LogP contribution is 2.24. The Balaban J connectivity index is 2.02. The van der Waals surface area contributed by atoms with Gasteiger partial charge in [0.1, 0.15) is 5.82 Å². The van der Waals surface area contributed by atoms with Crippen molar-refractivity contribution in [3.05, 3.63) is 29.0 Å². The smallest absolute Gasteiger partial charge is 0.146 e. The fraction of sp³-hybridized carbons (Fsp3) is 0.538. The first kappa shape index (κ1) is 12.7. The maximum atomic E-state index is 13.7. The quantitative estimate of drug-likeness (QED) is 0.895. The van der Waals surface area contributed by atoms with Gasteiger partial charge in [-0.15, -0.1) is 0 Å². The number of nitrogens with zero attached hydrogens (tertiary/aromatic N) is 1. The molecule has 1 fully saturated rings. The molecule has 94 valence electrons. The lowest BCUT2D eigenvalue weighted by molar-refractivity contribution is 0.377. The first-order valence-electron chi connectivity index (χ1n) is 6.03. The van der Waals surface area contributed by atoms with E-state index >= 15 is 0 Å². The van der Waals surface area contributed by atoms with E-state index in [2.05, 4.69) is 5.32 Å². The fourth-order valence-corrected chi connectivity index (χ4v) is 2.49. The Morgan fingerprint density at radius 1 is 1.41 bits per heavy atom. The summed E-state index contributed by atoms with van der Waals surface area (Å²) >= 11 is 5.90. The van der Waals surface area contributed by atoms with Crippen molar-refractivity contribution in [2.75, 3.05) is 31.6 Å². The van der Waals surface area contributed by atoms with Crippen LogP contribution in [-0.4, -0.2) is 26.7 Å². The summed E-state index contributed by atoms with van der Waals surface area (Å²) in [5.74, 6) is 0.436. The molecule has 1 aromatic carbocycles. The van der Waals surface area contributed by atoms with Crippen LogP contribution in [0.4, 0.5) is 10.1 Å². The van der Waals surface area contributed by atoms with E-state index in [4.69, 9.17) is 11.6 Å². The molecule has 0 saturated carbocycles. The number of hydrogen-bond donors (Lipinski definition) is 1. The van der Waals surface area contributed by atoms with Crippen LogP contribution in [0.3, 0.4) is 0 Å². The van der Waals surface area contributed by atoms with Crippen molar-refractivity contribution in [2.24, 2.45) is 5.92 Å². The van der Waals surface area contributed by atoms with Crippen molar-refractivity contribution in [1.82, 2.24) is 5.32 Å². The Morgan fingerprint density at radius 3 is 2.82 bits per heavy atom. The molecule has 0 aliphatic carbocycles. The van der Waals surface area contributed by atoms with Gasteiger partial charge in [0.05, 0.1) is 5.69 Å². The van der Waals surface area contributed by atoms with Crippen LogP contribution in [-0.2, 0) is 0 Å². The summed E-state index contributed by atoms with van der Waals surface area (Å²) in [6.07, 6.45) is 2.32. The minimum atomic E-state index is -0.203. The van der Waals surface area contributed by atoms with Crippen LogP contribution >= 0.6 is 11.6 Å². The van der Waals surface area contributed by atoms with Gasteiger partial charge in [-0.1, -0.05) is 11.6 Å². The summed E-state index contributed by atoms with van der Waals surface area (Å²) in [6.45, 7) is 3.02. The molecule has 0 bridgehead atoms. The zero-order valence-corrected chi connectivity index (χ0v) is 10.8. The van der Waals surface area contributed by atoms with Gasteiger partial charge in [-0.05, 0) is 50.0 Å². The first-order valence-corrected chi connectivity index (χ1v) is 6.41. The first-order chi connectivity index (χ1) is 8.16. The second-order valence-corrected chi connectivity index (χ2v) is 5.11. The van der Waals surface area contributed by atoms with E-state index in [9.17, 15) is 4.39 Å². The van der Waals surface area contributed by atoms with Gasteiger partial charge >= 0.3 is 0 Å². The zero-order valence-electron chi connectivity index (χ0n) is 10.0. The highest BCUT2D eigenvalue weighted by atomic mass is 35.5. The topological polar surface area (TPSA) is 15.3 Å². The van der Waals surface area contributed by atoms with Gasteiger partial charge in [0, 0.05) is 18.6 Å². The molecular formula is C13H18ClFN2. The third kappa shape index (κ3) is 3.33. The average molecular weight is 257 g/mol. The van der Waals surface area contributed by atoms with Gasteiger partial charge in [-0.3, -0.25) is 0 Å². The second-order valence-electron chi connectivity index (χ2n) is 4.67. The molecule has 0 atom stereocenters. The largest absolute Gasteiger partial charge is 0.372 e. The number of piperidine rings is 1. The Morgan fingerprint density at radius 2 is 2.12 bits per heavy atom. The van der Waals surface area contributed by atoms with Crippen molar-refractivity contribution in [3.63, 3.8) is 0 Å². The normalized spacial score (nSPS) is 17.1. The lowest BCUT2D eigenvalue weighted by Crippen LogP contribution is -2.34. The molecule has 0 amide bonds. The summed E-state index contributed by atoms with van der Waals surface area (Å²) in [7, 11) is 1.93. The van der Waals surface area contributed by atoms with E-state index in [1.807, 2.05) is 11.9 Å². The van der Waals surface area contributed by atoms with Crippen molar-refractivity contribution in [2.45, 2.75) is 12.8 Å². The Bertz CT molecular complexity index is 378. The summed E-state index contributed by atoms with van der Waals surface area (Å²) < 4.78 is 13.7. The van der Waals surface area contributed by atoms with Gasteiger partial charge < -0.3 is 10.2 Å². The predicted octanol–water partition coefficient (Wildman–Crippen LogP) is 2.91. The van der Waals surface area contributed by atoms with Crippen LogP contribution in [0, 0.1) is 11.7 Å². The van der Waals surface area contributed by atoms with Crippen molar-refractivity contribution in [1.29, 1.82) is 0 Å². The predicted molar refractivity (Wildman–Crippen MR) is 70.3 cm³/mol. The van der Waals surface area contributed by atoms with Gasteiger partial charge in [0.2, 0.25) is 0 Å². The van der Waals surface area contributed by atoms with E-state index in [1.54, 1.807) is 12.1 Å². The maximum Gasteiger partial charge on any atom is 0.146 e. The molecule has 1 N–H and O–H groups in total. The van der Waals surface area contributed by atoms with E-state index in [0.717, 1.165) is 32.5 Å². The van der Waals surface area contributed by atoms with Crippen LogP contribution < -0.4 is 10.2 Å². The number of halogens is 2. The third-order valence-electron chi connectivity index (χ3n) is 3.31. The SMILES string of the molecule is CN(CC1CCNCC1)c1cc(Cl)ccc1F. The third-order valence-corrected chi connectivity index (χ3v) is 3.55. The van der Waals surface area contributed by atoms with Crippen molar-refractivity contribution in [3.8, 4) is 0 Å². The fourth-order valence-electron chi connectivity index (χ4n) is 2.33. The molecule has 1 saturated heterocycles. The lowest BCUT2D eigenvalue weighted by Gasteiger charge is -2.29. The molecule has 2 nitrogen and oxygen atoms in total. The number of nitrogens with one attached hydrogen (secondary N) is 1. The molecule has 0 unspecified atom stereocenters. The molecule has 1 aromatic rings. The van der Waals surface area contributed by atoms with E-state index in [0.29, 0.717) is 16.6 Å². The lowest BCUT2D eigenvalue weighted by atomic mass is 9.97. The average Bonchev–Trinajstić information content (AvgIpc) is 2.33. The summed E-state index contributed by atoms with van der Waals surface area (Å²) in [4.78, 5) is 1.97. The monoisotopic (exact) mass is 256 g/mol. The van der Waals surface area contributed by atoms with Crippen molar-refractivity contribution < 1.29 is 4.39 Å². The van der Waals surface area contributed by atoms with Gasteiger partial charge in [0.25, 0.3) is 0 Å². The molecule has 1 aliphatic heterocycles. The highest BCUT2D eigenvalue weighted by Gasteiger charge is 2.17. The Hall–Kier alpha value is -0.800. The standard InChI is InChI=1S/C13H18ClFN2/c1-17(9-10-4-6-16-7-5-10)13-8-11(14)2-3-12(13)15/h2-3,8,10,16H,4-7,9H2,1H3. The minimum absolute atomic E-state index is 0.203. The Kier molecular flexibility index (Phi) is 4.24. The Labute approximate surface area is 107 Å². The summed E-state index contributed by atoms with van der Waals surface area (Å²) in [6, 6.07) is 4.70. The van der Waals surface area contributed by atoms with E-state index < -0.39 is 0 Å². The van der Waals surface area contributed by atoms with Gasteiger partial charge in [0.15, 0.2) is 0 Å². The maximum absolute atomic E-state index is 13.7. The molecule has 0 radical (unpaired) electrons.